The predicted octanol–water partition coefficient (Wildman–Crippen LogP) is 3.22. The molecule has 1 rings (SSSR count). The number of Topliss-reactive ketones (excluding diaryl/α,β-unsaturated/α-hetero) is 1. The molecule has 0 saturated heterocycles. The van der Waals surface area contributed by atoms with Crippen LogP contribution < -0.4 is 5.73 Å². The Hall–Kier alpha value is -1.41. The van der Waals surface area contributed by atoms with Gasteiger partial charge in [-0.15, -0.1) is 17.0 Å². The van der Waals surface area contributed by atoms with E-state index in [-0.39, 0.29) is 39.4 Å². The Balaban J connectivity index is 0.00000400. The second kappa shape index (κ2) is 7.56. The van der Waals surface area contributed by atoms with E-state index in [0.29, 0.717) is 27.8 Å². The molecule has 1 aromatic rings. The van der Waals surface area contributed by atoms with Crippen LogP contribution in [0.25, 0.3) is 0 Å². The van der Waals surface area contributed by atoms with E-state index in [1.165, 1.54) is 0 Å². The van der Waals surface area contributed by atoms with Crippen LogP contribution in [0.1, 0.15) is 32.6 Å². The number of rotatable bonds is 4. The van der Waals surface area contributed by atoms with Gasteiger partial charge in [0, 0.05) is 16.7 Å². The molecule has 0 aliphatic heterocycles. The summed E-state index contributed by atoms with van der Waals surface area (Å²) >= 11 is 0.952. The summed E-state index contributed by atoms with van der Waals surface area (Å²) in [6.45, 7) is 6.71. The summed E-state index contributed by atoms with van der Waals surface area (Å²) in [7, 11) is 0. The largest absolute Gasteiger partial charge is 0.379 e. The summed E-state index contributed by atoms with van der Waals surface area (Å²) in [5, 5.41) is 18.1. The van der Waals surface area contributed by atoms with Gasteiger partial charge in [0.15, 0.2) is 11.0 Å². The van der Waals surface area contributed by atoms with Crippen molar-refractivity contribution in [3.63, 3.8) is 0 Å². The molecule has 8 heteroatoms. The standard InChI is InChI=1S/C13H17N3O3S.BrH/c1-6-8(3)12(16(18)19)9(4)7(2)11(6)10(17)5-20-13(14)15;/h5H2,1-4H3,(H3,14,15);1H. The van der Waals surface area contributed by atoms with Crippen molar-refractivity contribution >= 4 is 45.4 Å². The molecule has 21 heavy (non-hydrogen) atoms. The molecular formula is C13H18BrN3O3S. The van der Waals surface area contributed by atoms with Gasteiger partial charge < -0.3 is 5.73 Å². The van der Waals surface area contributed by atoms with Crippen molar-refractivity contribution in [3.8, 4) is 0 Å². The Morgan fingerprint density at radius 3 is 1.95 bits per heavy atom. The zero-order valence-electron chi connectivity index (χ0n) is 12.3. The van der Waals surface area contributed by atoms with Crippen molar-refractivity contribution in [3.05, 3.63) is 37.9 Å². The highest BCUT2D eigenvalue weighted by atomic mass is 79.9. The maximum Gasteiger partial charge on any atom is 0.275 e. The van der Waals surface area contributed by atoms with Crippen LogP contribution in [0.5, 0.6) is 0 Å². The maximum absolute atomic E-state index is 12.2. The zero-order chi connectivity index (χ0) is 15.6. The van der Waals surface area contributed by atoms with E-state index in [1.54, 1.807) is 27.7 Å². The highest BCUT2D eigenvalue weighted by Gasteiger charge is 2.25. The number of nitrogens with two attached hydrogens (primary N) is 1. The molecule has 0 aromatic heterocycles. The van der Waals surface area contributed by atoms with Gasteiger partial charge in [0.2, 0.25) is 0 Å². The molecule has 0 unspecified atom stereocenters. The molecule has 0 heterocycles. The van der Waals surface area contributed by atoms with E-state index in [1.807, 2.05) is 0 Å². The number of nitro benzene ring substituents is 1. The third-order valence-electron chi connectivity index (χ3n) is 3.41. The van der Waals surface area contributed by atoms with Crippen molar-refractivity contribution in [2.75, 3.05) is 5.75 Å². The first-order valence-electron chi connectivity index (χ1n) is 5.93. The number of hydrogen-bond acceptors (Lipinski definition) is 5. The molecule has 1 aromatic carbocycles. The van der Waals surface area contributed by atoms with E-state index in [0.717, 1.165) is 11.8 Å². The fraction of sp³-hybridized carbons (Fsp3) is 0.385. The Kier molecular flexibility index (Phi) is 7.05. The monoisotopic (exact) mass is 375 g/mol. The van der Waals surface area contributed by atoms with Gasteiger partial charge in [-0.25, -0.2) is 0 Å². The summed E-state index contributed by atoms with van der Waals surface area (Å²) < 4.78 is 0. The van der Waals surface area contributed by atoms with Crippen LogP contribution in [0.2, 0.25) is 0 Å². The third-order valence-corrected chi connectivity index (χ3v) is 4.12. The number of benzene rings is 1. The first-order chi connectivity index (χ1) is 9.18. The van der Waals surface area contributed by atoms with E-state index in [2.05, 4.69) is 0 Å². The van der Waals surface area contributed by atoms with Crippen LogP contribution in [-0.2, 0) is 0 Å². The number of halogens is 1. The van der Waals surface area contributed by atoms with Gasteiger partial charge in [0.1, 0.15) is 0 Å². The van der Waals surface area contributed by atoms with Gasteiger partial charge in [-0.3, -0.25) is 20.3 Å². The predicted molar refractivity (Wildman–Crippen MR) is 91.1 cm³/mol. The molecular weight excluding hydrogens is 358 g/mol. The fourth-order valence-corrected chi connectivity index (χ4v) is 2.63. The molecule has 0 radical (unpaired) electrons. The number of hydrogen-bond donors (Lipinski definition) is 2. The topological polar surface area (TPSA) is 110 Å². The van der Waals surface area contributed by atoms with Crippen LogP contribution in [0.4, 0.5) is 5.69 Å². The second-order valence-corrected chi connectivity index (χ2v) is 5.57. The van der Waals surface area contributed by atoms with Gasteiger partial charge in [0.05, 0.1) is 10.7 Å². The number of carbonyl (C=O) groups is 1. The van der Waals surface area contributed by atoms with Crippen molar-refractivity contribution in [2.24, 2.45) is 5.73 Å². The van der Waals surface area contributed by atoms with E-state index in [9.17, 15) is 14.9 Å². The number of nitrogens with one attached hydrogen (secondary N) is 1. The summed E-state index contributed by atoms with van der Waals surface area (Å²) in [4.78, 5) is 22.9. The smallest absolute Gasteiger partial charge is 0.275 e. The molecule has 6 nitrogen and oxygen atoms in total. The van der Waals surface area contributed by atoms with Crippen LogP contribution >= 0.6 is 28.7 Å². The summed E-state index contributed by atoms with van der Waals surface area (Å²) in [5.41, 5.74) is 8.04. The minimum absolute atomic E-state index is 0. The third kappa shape index (κ3) is 4.04. The number of ketones is 1. The fourth-order valence-electron chi connectivity index (χ4n) is 2.20. The number of nitro groups is 1. The molecule has 0 saturated carbocycles. The number of thioether (sulfide) groups is 1. The lowest BCUT2D eigenvalue weighted by Crippen LogP contribution is -2.14. The van der Waals surface area contributed by atoms with Gasteiger partial charge in [-0.2, -0.15) is 0 Å². The van der Waals surface area contributed by atoms with Crippen LogP contribution in [0, 0.1) is 43.2 Å². The highest BCUT2D eigenvalue weighted by molar-refractivity contribution is 8.93. The zero-order valence-corrected chi connectivity index (χ0v) is 14.8. The van der Waals surface area contributed by atoms with Gasteiger partial charge in [-0.05, 0) is 38.8 Å². The average molecular weight is 376 g/mol. The molecule has 116 valence electrons. The van der Waals surface area contributed by atoms with Gasteiger partial charge in [-0.1, -0.05) is 11.8 Å². The van der Waals surface area contributed by atoms with Crippen molar-refractivity contribution in [1.82, 2.24) is 0 Å². The Bertz CT molecular complexity index is 588. The van der Waals surface area contributed by atoms with Crippen molar-refractivity contribution in [1.29, 1.82) is 5.41 Å². The van der Waals surface area contributed by atoms with Gasteiger partial charge >= 0.3 is 0 Å². The minimum atomic E-state index is -0.413. The summed E-state index contributed by atoms with van der Waals surface area (Å²) in [6.07, 6.45) is 0. The molecule has 0 aliphatic carbocycles. The van der Waals surface area contributed by atoms with E-state index < -0.39 is 4.92 Å². The van der Waals surface area contributed by atoms with E-state index >= 15 is 0 Å². The molecule has 0 aliphatic rings. The van der Waals surface area contributed by atoms with Crippen molar-refractivity contribution in [2.45, 2.75) is 27.7 Å². The first-order valence-corrected chi connectivity index (χ1v) is 6.91. The highest BCUT2D eigenvalue weighted by Crippen LogP contribution is 2.32. The summed E-state index contributed by atoms with van der Waals surface area (Å²) in [6, 6.07) is 0. The summed E-state index contributed by atoms with van der Waals surface area (Å²) in [5.74, 6) is -0.102. The normalized spacial score (nSPS) is 9.90. The first kappa shape index (κ1) is 19.6. The van der Waals surface area contributed by atoms with E-state index in [4.69, 9.17) is 11.1 Å². The lowest BCUT2D eigenvalue weighted by molar-refractivity contribution is -0.386. The van der Waals surface area contributed by atoms with Crippen LogP contribution in [0.15, 0.2) is 0 Å². The Labute approximate surface area is 137 Å². The molecule has 0 amide bonds. The molecule has 0 atom stereocenters. The Morgan fingerprint density at radius 1 is 1.19 bits per heavy atom. The van der Waals surface area contributed by atoms with Crippen LogP contribution in [0.3, 0.4) is 0 Å². The molecule has 0 spiro atoms. The molecule has 0 fully saturated rings. The SMILES string of the molecule is Br.Cc1c(C)c([N+](=O)[O-])c(C)c(C)c1C(=O)CSC(=N)N. The molecule has 0 bridgehead atoms. The maximum atomic E-state index is 12.2. The lowest BCUT2D eigenvalue weighted by atomic mass is 9.90. The average Bonchev–Trinajstić information content (AvgIpc) is 2.34. The lowest BCUT2D eigenvalue weighted by Gasteiger charge is -2.14. The number of carbonyl (C=O) groups excluding carboxylic acids is 1. The molecule has 3 N–H and O–H groups in total. The van der Waals surface area contributed by atoms with Gasteiger partial charge in [0.25, 0.3) is 5.69 Å². The second-order valence-electron chi connectivity index (χ2n) is 4.56. The number of nitrogens with zero attached hydrogens (tertiary/aromatic N) is 1. The van der Waals surface area contributed by atoms with Crippen LogP contribution in [-0.4, -0.2) is 21.6 Å². The van der Waals surface area contributed by atoms with Crippen molar-refractivity contribution < 1.29 is 9.72 Å². The number of amidine groups is 1. The quantitative estimate of drug-likeness (QED) is 0.276. The minimum Gasteiger partial charge on any atom is -0.379 e. The Morgan fingerprint density at radius 2 is 1.62 bits per heavy atom.